The highest BCUT2D eigenvalue weighted by Gasteiger charge is 2.22. The molecular weight excluding hydrogens is 204 g/mol. The molecule has 16 heavy (non-hydrogen) atoms. The van der Waals surface area contributed by atoms with E-state index in [0.29, 0.717) is 12.5 Å². The van der Waals surface area contributed by atoms with Gasteiger partial charge in [-0.2, -0.15) is 0 Å². The third-order valence-electron chi connectivity index (χ3n) is 2.95. The van der Waals surface area contributed by atoms with Crippen molar-refractivity contribution in [2.24, 2.45) is 0 Å². The zero-order valence-electron chi connectivity index (χ0n) is 9.18. The molecular formula is C11H14N4O. The molecule has 0 amide bonds. The fourth-order valence-electron chi connectivity index (χ4n) is 1.96. The van der Waals surface area contributed by atoms with Crippen molar-refractivity contribution in [3.63, 3.8) is 0 Å². The average Bonchev–Trinajstić information content (AvgIpc) is 2.75. The maximum atomic E-state index is 5.21. The van der Waals surface area contributed by atoms with Gasteiger partial charge in [0.15, 0.2) is 5.76 Å². The van der Waals surface area contributed by atoms with E-state index in [4.69, 9.17) is 4.52 Å². The van der Waals surface area contributed by atoms with Gasteiger partial charge in [-0.25, -0.2) is 4.98 Å². The van der Waals surface area contributed by atoms with Gasteiger partial charge >= 0.3 is 0 Å². The van der Waals surface area contributed by atoms with Crippen molar-refractivity contribution in [1.82, 2.24) is 20.0 Å². The van der Waals surface area contributed by atoms with E-state index >= 15 is 0 Å². The third kappa shape index (κ3) is 1.63. The lowest BCUT2D eigenvalue weighted by Crippen LogP contribution is -2.40. The van der Waals surface area contributed by atoms with Gasteiger partial charge in [0.2, 0.25) is 0 Å². The molecule has 1 saturated heterocycles. The van der Waals surface area contributed by atoms with Gasteiger partial charge in [0.1, 0.15) is 0 Å². The zero-order chi connectivity index (χ0) is 11.0. The topological polar surface area (TPSA) is 55.9 Å². The molecule has 0 aromatic carbocycles. The average molecular weight is 218 g/mol. The fourth-order valence-corrected chi connectivity index (χ4v) is 1.96. The standard InChI is InChI=1S/C11H14N4O/c1-8-2-10(16-14-8)6-15-7-13-5-11(15)9-3-12-4-9/h2,5,7,9,12H,3-4,6H2,1H3. The molecule has 84 valence electrons. The lowest BCUT2D eigenvalue weighted by atomic mass is 10.00. The maximum Gasteiger partial charge on any atom is 0.156 e. The highest BCUT2D eigenvalue weighted by molar-refractivity contribution is 5.14. The summed E-state index contributed by atoms with van der Waals surface area (Å²) in [6.07, 6.45) is 3.79. The second kappa shape index (κ2) is 3.75. The Balaban J connectivity index is 1.81. The third-order valence-corrected chi connectivity index (χ3v) is 2.95. The molecule has 0 atom stereocenters. The normalized spacial score (nSPS) is 16.3. The summed E-state index contributed by atoms with van der Waals surface area (Å²) in [6, 6.07) is 1.96. The van der Waals surface area contributed by atoms with Crippen molar-refractivity contribution in [1.29, 1.82) is 0 Å². The molecule has 0 bridgehead atoms. The quantitative estimate of drug-likeness (QED) is 0.832. The van der Waals surface area contributed by atoms with Crippen molar-refractivity contribution in [3.05, 3.63) is 35.7 Å². The number of hydrogen-bond donors (Lipinski definition) is 1. The minimum absolute atomic E-state index is 0.589. The number of aromatic nitrogens is 3. The summed E-state index contributed by atoms with van der Waals surface area (Å²) in [5, 5.41) is 7.15. The van der Waals surface area contributed by atoms with Crippen LogP contribution >= 0.6 is 0 Å². The predicted octanol–water partition coefficient (Wildman–Crippen LogP) is 0.915. The van der Waals surface area contributed by atoms with Gasteiger partial charge in [-0.05, 0) is 6.92 Å². The van der Waals surface area contributed by atoms with Crippen LogP contribution in [0.25, 0.3) is 0 Å². The van der Waals surface area contributed by atoms with E-state index in [1.165, 1.54) is 5.69 Å². The van der Waals surface area contributed by atoms with Crippen LogP contribution in [0, 0.1) is 6.92 Å². The summed E-state index contributed by atoms with van der Waals surface area (Å²) >= 11 is 0. The summed E-state index contributed by atoms with van der Waals surface area (Å²) in [6.45, 7) is 4.73. The molecule has 0 unspecified atom stereocenters. The molecule has 0 saturated carbocycles. The Morgan fingerprint density at radius 2 is 2.44 bits per heavy atom. The molecule has 5 nitrogen and oxygen atoms in total. The zero-order valence-corrected chi connectivity index (χ0v) is 9.18. The summed E-state index contributed by atoms with van der Waals surface area (Å²) in [7, 11) is 0. The van der Waals surface area contributed by atoms with Crippen molar-refractivity contribution >= 4 is 0 Å². The van der Waals surface area contributed by atoms with Gasteiger partial charge in [-0.3, -0.25) is 0 Å². The van der Waals surface area contributed by atoms with Crippen LogP contribution in [0.5, 0.6) is 0 Å². The Hall–Kier alpha value is -1.62. The van der Waals surface area contributed by atoms with Crippen molar-refractivity contribution in [3.8, 4) is 0 Å². The smallest absolute Gasteiger partial charge is 0.156 e. The van der Waals surface area contributed by atoms with Gasteiger partial charge in [0, 0.05) is 37.0 Å². The highest BCUT2D eigenvalue weighted by Crippen LogP contribution is 2.20. The molecule has 5 heteroatoms. The number of nitrogens with one attached hydrogen (secondary N) is 1. The van der Waals surface area contributed by atoms with Crippen LogP contribution in [0.2, 0.25) is 0 Å². The second-order valence-electron chi connectivity index (χ2n) is 4.24. The molecule has 1 N–H and O–H groups in total. The van der Waals surface area contributed by atoms with E-state index in [-0.39, 0.29) is 0 Å². The monoisotopic (exact) mass is 218 g/mol. The van der Waals surface area contributed by atoms with Crippen LogP contribution in [0.15, 0.2) is 23.1 Å². The summed E-state index contributed by atoms with van der Waals surface area (Å²) in [5.41, 5.74) is 2.19. The van der Waals surface area contributed by atoms with E-state index in [0.717, 1.165) is 24.5 Å². The number of aryl methyl sites for hydroxylation is 1. The predicted molar refractivity (Wildman–Crippen MR) is 58.2 cm³/mol. The van der Waals surface area contributed by atoms with Crippen LogP contribution in [-0.2, 0) is 6.54 Å². The minimum atomic E-state index is 0.589. The van der Waals surface area contributed by atoms with Gasteiger partial charge in [0.05, 0.1) is 18.6 Å². The van der Waals surface area contributed by atoms with Gasteiger partial charge in [0.25, 0.3) is 0 Å². The Labute approximate surface area is 93.5 Å². The van der Waals surface area contributed by atoms with E-state index in [2.05, 4.69) is 20.0 Å². The first-order chi connectivity index (χ1) is 7.83. The largest absolute Gasteiger partial charge is 0.359 e. The van der Waals surface area contributed by atoms with Crippen LogP contribution in [0.1, 0.15) is 23.1 Å². The Morgan fingerprint density at radius 3 is 3.06 bits per heavy atom. The van der Waals surface area contributed by atoms with E-state index < -0.39 is 0 Å². The molecule has 0 radical (unpaired) electrons. The van der Waals surface area contributed by atoms with Crippen LogP contribution in [-0.4, -0.2) is 27.8 Å². The molecule has 0 aliphatic carbocycles. The van der Waals surface area contributed by atoms with E-state index in [9.17, 15) is 0 Å². The van der Waals surface area contributed by atoms with Crippen molar-refractivity contribution in [2.45, 2.75) is 19.4 Å². The van der Waals surface area contributed by atoms with Gasteiger partial charge < -0.3 is 14.4 Å². The summed E-state index contributed by atoms with van der Waals surface area (Å²) in [4.78, 5) is 4.20. The van der Waals surface area contributed by atoms with Crippen LogP contribution in [0.3, 0.4) is 0 Å². The number of nitrogens with zero attached hydrogens (tertiary/aromatic N) is 3. The van der Waals surface area contributed by atoms with Gasteiger partial charge in [-0.1, -0.05) is 5.16 Å². The molecule has 0 spiro atoms. The fraction of sp³-hybridized carbons (Fsp3) is 0.455. The van der Waals surface area contributed by atoms with Crippen LogP contribution < -0.4 is 5.32 Å². The highest BCUT2D eigenvalue weighted by atomic mass is 16.5. The van der Waals surface area contributed by atoms with E-state index in [1.807, 2.05) is 25.5 Å². The summed E-state index contributed by atoms with van der Waals surface area (Å²) < 4.78 is 7.34. The first-order valence-electron chi connectivity index (χ1n) is 5.46. The molecule has 3 rings (SSSR count). The minimum Gasteiger partial charge on any atom is -0.359 e. The lowest BCUT2D eigenvalue weighted by Gasteiger charge is -2.27. The summed E-state index contributed by atoms with van der Waals surface area (Å²) in [5.74, 6) is 1.47. The molecule has 1 fully saturated rings. The second-order valence-corrected chi connectivity index (χ2v) is 4.24. The molecule has 3 heterocycles. The van der Waals surface area contributed by atoms with E-state index in [1.54, 1.807) is 0 Å². The van der Waals surface area contributed by atoms with Crippen LogP contribution in [0.4, 0.5) is 0 Å². The first-order valence-corrected chi connectivity index (χ1v) is 5.46. The van der Waals surface area contributed by atoms with Gasteiger partial charge in [-0.15, -0.1) is 0 Å². The van der Waals surface area contributed by atoms with Crippen molar-refractivity contribution in [2.75, 3.05) is 13.1 Å². The molecule has 1 aliphatic heterocycles. The lowest BCUT2D eigenvalue weighted by molar-refractivity contribution is 0.365. The number of hydrogen-bond acceptors (Lipinski definition) is 4. The Kier molecular flexibility index (Phi) is 2.25. The number of rotatable bonds is 3. The number of imidazole rings is 1. The Bertz CT molecular complexity index is 484. The maximum absolute atomic E-state index is 5.21. The van der Waals surface area contributed by atoms with Crippen molar-refractivity contribution < 1.29 is 4.52 Å². The molecule has 2 aromatic heterocycles. The molecule has 2 aromatic rings. The SMILES string of the molecule is Cc1cc(Cn2cncc2C2CNC2)on1. The Morgan fingerprint density at radius 1 is 1.56 bits per heavy atom. The first kappa shape index (κ1) is 9.59. The molecule has 1 aliphatic rings.